The van der Waals surface area contributed by atoms with Crippen molar-refractivity contribution in [2.45, 2.75) is 66.8 Å². The molecular formula is C24H34ClFN2O4. The molecule has 1 aromatic heterocycles. The number of piperidine rings is 1. The summed E-state index contributed by atoms with van der Waals surface area (Å²) in [5.41, 5.74) is -3.69. The van der Waals surface area contributed by atoms with Crippen LogP contribution in [0.5, 0.6) is 0 Å². The van der Waals surface area contributed by atoms with E-state index in [9.17, 15) is 19.8 Å². The van der Waals surface area contributed by atoms with E-state index in [1.807, 2.05) is 48.5 Å². The molecule has 1 saturated heterocycles. The molecule has 0 saturated carbocycles. The molecular weight excluding hydrogens is 435 g/mol. The summed E-state index contributed by atoms with van der Waals surface area (Å²) < 4.78 is 15.2. The van der Waals surface area contributed by atoms with Crippen LogP contribution in [0, 0.1) is 28.0 Å². The van der Waals surface area contributed by atoms with Crippen molar-refractivity contribution in [3.8, 4) is 0 Å². The second kappa shape index (κ2) is 8.32. The van der Waals surface area contributed by atoms with Gasteiger partial charge in [0.15, 0.2) is 5.82 Å². The lowest BCUT2D eigenvalue weighted by atomic mass is 9.47. The second-order valence-corrected chi connectivity index (χ2v) is 11.4. The molecule has 1 aromatic rings. The van der Waals surface area contributed by atoms with Crippen LogP contribution in [0.1, 0.15) is 66.1 Å². The van der Waals surface area contributed by atoms with Gasteiger partial charge in [-0.2, -0.15) is 0 Å². The van der Waals surface area contributed by atoms with Gasteiger partial charge in [-0.1, -0.05) is 65.8 Å². The molecule has 1 fully saturated rings. The number of rotatable bonds is 4. The smallest absolute Gasteiger partial charge is 0.407 e. The molecule has 8 heteroatoms. The van der Waals surface area contributed by atoms with Gasteiger partial charge >= 0.3 is 12.1 Å². The number of hydrogen-bond donors (Lipinski definition) is 2. The van der Waals surface area contributed by atoms with Crippen LogP contribution in [0.25, 0.3) is 6.08 Å². The predicted octanol–water partition coefficient (Wildman–Crippen LogP) is 5.98. The van der Waals surface area contributed by atoms with Gasteiger partial charge in [-0.05, 0) is 30.2 Å². The van der Waals surface area contributed by atoms with Crippen molar-refractivity contribution in [3.63, 3.8) is 0 Å². The third-order valence-corrected chi connectivity index (χ3v) is 7.42. The van der Waals surface area contributed by atoms with Crippen LogP contribution in [-0.4, -0.2) is 44.2 Å². The van der Waals surface area contributed by atoms with Gasteiger partial charge in [-0.15, -0.1) is 0 Å². The number of nitrogens with zero attached hydrogens (tertiary/aromatic N) is 2. The minimum Gasteiger partial charge on any atom is -0.481 e. The van der Waals surface area contributed by atoms with Crippen LogP contribution in [0.15, 0.2) is 12.6 Å². The van der Waals surface area contributed by atoms with Gasteiger partial charge in [0.05, 0.1) is 16.6 Å². The number of hydrogen-bond acceptors (Lipinski definition) is 3. The summed E-state index contributed by atoms with van der Waals surface area (Å²) in [6.07, 6.45) is 0.0280. The molecule has 0 spiro atoms. The van der Waals surface area contributed by atoms with Crippen LogP contribution in [0.3, 0.4) is 0 Å². The van der Waals surface area contributed by atoms with E-state index in [4.69, 9.17) is 11.6 Å². The molecule has 1 aliphatic heterocycles. The SMILES string of the molecule is C=Cc1cc(Cl)nc(C[C@]2(C(=O)O)CCN(C(=O)O)[C@@](C)(C(C)(C)C)C2C(C)(C)C)c1F. The normalized spacial score (nSPS) is 26.7. The zero-order chi connectivity index (χ0) is 24.9. The average Bonchev–Trinajstić information content (AvgIpc) is 2.61. The molecule has 32 heavy (non-hydrogen) atoms. The minimum absolute atomic E-state index is 0.0124. The van der Waals surface area contributed by atoms with Crippen molar-refractivity contribution in [1.29, 1.82) is 0 Å². The lowest BCUT2D eigenvalue weighted by molar-refractivity contribution is -0.188. The molecule has 6 nitrogen and oxygen atoms in total. The van der Waals surface area contributed by atoms with Crippen molar-refractivity contribution >= 4 is 29.7 Å². The monoisotopic (exact) mass is 468 g/mol. The first-order valence-electron chi connectivity index (χ1n) is 10.6. The molecule has 2 rings (SSSR count). The highest BCUT2D eigenvalue weighted by atomic mass is 35.5. The van der Waals surface area contributed by atoms with Gasteiger partial charge in [0.2, 0.25) is 0 Å². The molecule has 178 valence electrons. The lowest BCUT2D eigenvalue weighted by Gasteiger charge is -2.64. The Hall–Kier alpha value is -2.15. The van der Waals surface area contributed by atoms with Gasteiger partial charge in [-0.25, -0.2) is 14.2 Å². The highest BCUT2D eigenvalue weighted by Crippen LogP contribution is 2.60. The third kappa shape index (κ3) is 4.12. The van der Waals surface area contributed by atoms with E-state index >= 15 is 4.39 Å². The molecule has 1 aliphatic rings. The second-order valence-electron chi connectivity index (χ2n) is 11.0. The van der Waals surface area contributed by atoms with Crippen molar-refractivity contribution in [2.24, 2.45) is 22.2 Å². The third-order valence-electron chi connectivity index (χ3n) is 7.22. The molecule has 1 amide bonds. The molecule has 1 unspecified atom stereocenters. The number of carboxylic acids is 1. The first-order valence-corrected chi connectivity index (χ1v) is 11.0. The van der Waals surface area contributed by atoms with E-state index in [0.29, 0.717) is 0 Å². The average molecular weight is 469 g/mol. The Morgan fingerprint density at radius 2 is 1.88 bits per heavy atom. The molecule has 0 aromatic carbocycles. The molecule has 0 radical (unpaired) electrons. The number of aliphatic carboxylic acids is 1. The number of amides is 1. The maximum Gasteiger partial charge on any atom is 0.407 e. The zero-order valence-electron chi connectivity index (χ0n) is 19.9. The van der Waals surface area contributed by atoms with Crippen molar-refractivity contribution in [3.05, 3.63) is 34.9 Å². The van der Waals surface area contributed by atoms with E-state index in [1.165, 1.54) is 17.0 Å². The summed E-state index contributed by atoms with van der Waals surface area (Å²) in [4.78, 5) is 30.8. The molecule has 0 bridgehead atoms. The van der Waals surface area contributed by atoms with E-state index in [2.05, 4.69) is 11.6 Å². The first-order chi connectivity index (χ1) is 14.4. The Balaban J connectivity index is 2.87. The van der Waals surface area contributed by atoms with Crippen LogP contribution in [-0.2, 0) is 11.2 Å². The fourth-order valence-corrected chi connectivity index (χ4v) is 6.04. The van der Waals surface area contributed by atoms with Gasteiger partial charge in [0.1, 0.15) is 5.15 Å². The molecule has 0 aliphatic carbocycles. The Morgan fingerprint density at radius 3 is 2.28 bits per heavy atom. The van der Waals surface area contributed by atoms with Gasteiger partial charge in [-0.3, -0.25) is 4.79 Å². The van der Waals surface area contributed by atoms with Crippen molar-refractivity contribution < 1.29 is 24.2 Å². The zero-order valence-corrected chi connectivity index (χ0v) is 20.7. The van der Waals surface area contributed by atoms with Crippen LogP contribution >= 0.6 is 11.6 Å². The molecule has 2 N–H and O–H groups in total. The number of likely N-dealkylation sites (tertiary alicyclic amines) is 1. The standard InChI is InChI=1S/C24H34ClFN2O4/c1-9-14-12-16(25)27-15(17(14)26)13-24(19(29)30)10-11-28(20(31)32)23(8,22(5,6)7)18(24)21(2,3)4/h9,12,18H,1,10-11,13H2,2-8H3,(H,29,30)(H,31,32)/t18?,23-,24-/m1/s1. The molecule has 2 heterocycles. The quantitative estimate of drug-likeness (QED) is 0.530. The summed E-state index contributed by atoms with van der Waals surface area (Å²) >= 11 is 6.10. The summed E-state index contributed by atoms with van der Waals surface area (Å²) in [6.45, 7) is 16.9. The van der Waals surface area contributed by atoms with Crippen molar-refractivity contribution in [1.82, 2.24) is 9.88 Å². The Kier molecular flexibility index (Phi) is 6.79. The van der Waals surface area contributed by atoms with Crippen LogP contribution in [0.2, 0.25) is 5.15 Å². The Morgan fingerprint density at radius 1 is 1.31 bits per heavy atom. The van der Waals surface area contributed by atoms with Crippen LogP contribution < -0.4 is 0 Å². The van der Waals surface area contributed by atoms with Gasteiger partial charge in [0, 0.05) is 24.4 Å². The maximum atomic E-state index is 15.2. The number of aromatic nitrogens is 1. The topological polar surface area (TPSA) is 90.7 Å². The van der Waals surface area contributed by atoms with Gasteiger partial charge in [0.25, 0.3) is 0 Å². The van der Waals surface area contributed by atoms with E-state index in [1.54, 1.807) is 0 Å². The maximum absolute atomic E-state index is 15.2. The first kappa shape index (κ1) is 26.1. The summed E-state index contributed by atoms with van der Waals surface area (Å²) in [5.74, 6) is -2.42. The minimum atomic E-state index is -1.47. The predicted molar refractivity (Wildman–Crippen MR) is 123 cm³/mol. The summed E-state index contributed by atoms with van der Waals surface area (Å²) in [7, 11) is 0. The molecule has 3 atom stereocenters. The van der Waals surface area contributed by atoms with Gasteiger partial charge < -0.3 is 15.1 Å². The summed E-state index contributed by atoms with van der Waals surface area (Å²) in [6, 6.07) is 1.34. The Labute approximate surface area is 194 Å². The summed E-state index contributed by atoms with van der Waals surface area (Å²) in [5, 5.41) is 20.7. The van der Waals surface area contributed by atoms with Crippen molar-refractivity contribution in [2.75, 3.05) is 6.54 Å². The number of pyridine rings is 1. The fraction of sp³-hybridized carbons (Fsp3) is 0.625. The highest BCUT2D eigenvalue weighted by molar-refractivity contribution is 6.29. The van der Waals surface area contributed by atoms with E-state index in [0.717, 1.165) is 0 Å². The fourth-order valence-electron chi connectivity index (χ4n) is 5.82. The number of halogens is 2. The highest BCUT2D eigenvalue weighted by Gasteiger charge is 2.66. The largest absolute Gasteiger partial charge is 0.481 e. The number of carbonyl (C=O) groups is 2. The number of carboxylic acid groups (broad SMARTS) is 2. The van der Waals surface area contributed by atoms with E-state index in [-0.39, 0.29) is 35.8 Å². The lowest BCUT2D eigenvalue weighted by Crippen LogP contribution is -2.72. The van der Waals surface area contributed by atoms with Crippen LogP contribution in [0.4, 0.5) is 9.18 Å². The Bertz CT molecular complexity index is 937. The van der Waals surface area contributed by atoms with E-state index < -0.39 is 45.6 Å².